The molecule has 0 aromatic heterocycles. The molecule has 16 heavy (non-hydrogen) atoms. The Morgan fingerprint density at radius 2 is 2.06 bits per heavy atom. The van der Waals surface area contributed by atoms with Gasteiger partial charge in [0, 0.05) is 0 Å². The maximum Gasteiger partial charge on any atom is 0.115 e. The zero-order valence-electron chi connectivity index (χ0n) is 9.74. The lowest BCUT2D eigenvalue weighted by molar-refractivity contribution is 0.228. The van der Waals surface area contributed by atoms with Crippen molar-refractivity contribution >= 4 is 0 Å². The van der Waals surface area contributed by atoms with E-state index in [2.05, 4.69) is 36.3 Å². The molecule has 0 aliphatic rings. The van der Waals surface area contributed by atoms with Crippen LogP contribution < -0.4 is 0 Å². The van der Waals surface area contributed by atoms with Gasteiger partial charge in [0.2, 0.25) is 0 Å². The zero-order valence-corrected chi connectivity index (χ0v) is 9.74. The molecule has 0 saturated heterocycles. The SMILES string of the molecule is C=CCCC=CC=CC#CC#CC(O)CC. The molecule has 0 aliphatic heterocycles. The van der Waals surface area contributed by atoms with E-state index in [0.717, 1.165) is 12.8 Å². The Balaban J connectivity index is 3.81. The number of hydrogen-bond acceptors (Lipinski definition) is 1. The standard InChI is InChI=1S/C15H18O/c1-3-5-6-7-8-9-10-11-12-13-14-15(16)4-2/h3,7-10,15-16H,1,4-6H2,2H3. The van der Waals surface area contributed by atoms with Gasteiger partial charge >= 0.3 is 0 Å². The Labute approximate surface area is 98.6 Å². The number of allylic oxidation sites excluding steroid dienone is 5. The summed E-state index contributed by atoms with van der Waals surface area (Å²) in [5, 5.41) is 9.10. The number of hydrogen-bond donors (Lipinski definition) is 1. The fourth-order valence-corrected chi connectivity index (χ4v) is 0.792. The van der Waals surface area contributed by atoms with Gasteiger partial charge in [-0.3, -0.25) is 0 Å². The lowest BCUT2D eigenvalue weighted by Gasteiger charge is -1.91. The minimum atomic E-state index is -0.558. The first kappa shape index (κ1) is 14.3. The summed E-state index contributed by atoms with van der Waals surface area (Å²) in [7, 11) is 0. The smallest absolute Gasteiger partial charge is 0.115 e. The lowest BCUT2D eigenvalue weighted by Crippen LogP contribution is -1.98. The Kier molecular flexibility index (Phi) is 10.2. The molecule has 0 amide bonds. The van der Waals surface area contributed by atoms with Crippen LogP contribution >= 0.6 is 0 Å². The molecule has 1 unspecified atom stereocenters. The third-order valence-electron chi connectivity index (χ3n) is 1.72. The van der Waals surface area contributed by atoms with Crippen LogP contribution in [0.15, 0.2) is 37.0 Å². The van der Waals surface area contributed by atoms with Crippen LogP contribution in [0, 0.1) is 23.7 Å². The summed E-state index contributed by atoms with van der Waals surface area (Å²) in [4.78, 5) is 0. The second kappa shape index (κ2) is 11.4. The maximum atomic E-state index is 9.10. The molecule has 0 aromatic carbocycles. The average molecular weight is 214 g/mol. The summed E-state index contributed by atoms with van der Waals surface area (Å²) < 4.78 is 0. The van der Waals surface area contributed by atoms with Gasteiger partial charge in [-0.1, -0.05) is 43.1 Å². The second-order valence-corrected chi connectivity index (χ2v) is 3.12. The largest absolute Gasteiger partial charge is 0.380 e. The van der Waals surface area contributed by atoms with Crippen LogP contribution in [0.25, 0.3) is 0 Å². The highest BCUT2D eigenvalue weighted by molar-refractivity contribution is 5.32. The van der Waals surface area contributed by atoms with Gasteiger partial charge in [0.25, 0.3) is 0 Å². The van der Waals surface area contributed by atoms with Crippen molar-refractivity contribution in [1.82, 2.24) is 0 Å². The topological polar surface area (TPSA) is 20.2 Å². The molecule has 1 N–H and O–H groups in total. The molecule has 1 atom stereocenters. The third-order valence-corrected chi connectivity index (χ3v) is 1.72. The van der Waals surface area contributed by atoms with Gasteiger partial charge in [-0.2, -0.15) is 0 Å². The van der Waals surface area contributed by atoms with E-state index in [1.54, 1.807) is 6.08 Å². The highest BCUT2D eigenvalue weighted by Gasteiger charge is 1.88. The zero-order chi connectivity index (χ0) is 12.1. The number of aliphatic hydroxyl groups is 1. The Hall–Kier alpha value is -1.70. The molecule has 0 fully saturated rings. The van der Waals surface area contributed by atoms with E-state index in [0.29, 0.717) is 6.42 Å². The van der Waals surface area contributed by atoms with E-state index in [4.69, 9.17) is 5.11 Å². The minimum Gasteiger partial charge on any atom is -0.380 e. The molecule has 0 radical (unpaired) electrons. The predicted octanol–water partition coefficient (Wildman–Crippen LogP) is 2.84. The molecule has 0 saturated carbocycles. The van der Waals surface area contributed by atoms with Crippen molar-refractivity contribution in [3.05, 3.63) is 37.0 Å². The van der Waals surface area contributed by atoms with Gasteiger partial charge in [-0.25, -0.2) is 0 Å². The summed E-state index contributed by atoms with van der Waals surface area (Å²) in [5.41, 5.74) is 0. The van der Waals surface area contributed by atoms with Gasteiger partial charge in [0.15, 0.2) is 0 Å². The molecule has 0 aromatic rings. The first-order valence-electron chi connectivity index (χ1n) is 5.43. The summed E-state index contributed by atoms with van der Waals surface area (Å²) in [5.74, 6) is 10.6. The first-order valence-corrected chi connectivity index (χ1v) is 5.43. The van der Waals surface area contributed by atoms with Crippen molar-refractivity contribution in [3.63, 3.8) is 0 Å². The normalized spacial score (nSPS) is 11.6. The quantitative estimate of drug-likeness (QED) is 0.323. The van der Waals surface area contributed by atoms with Gasteiger partial charge < -0.3 is 5.11 Å². The molecule has 84 valence electrons. The number of rotatable bonds is 5. The molecule has 0 rings (SSSR count). The number of unbranched alkanes of at least 4 members (excludes halogenated alkanes) is 1. The Morgan fingerprint density at radius 1 is 1.25 bits per heavy atom. The van der Waals surface area contributed by atoms with Gasteiger partial charge in [-0.15, -0.1) is 6.58 Å². The van der Waals surface area contributed by atoms with Crippen molar-refractivity contribution in [2.24, 2.45) is 0 Å². The van der Waals surface area contributed by atoms with Gasteiger partial charge in [0.1, 0.15) is 6.10 Å². The van der Waals surface area contributed by atoms with Gasteiger partial charge in [-0.05, 0) is 37.2 Å². The summed E-state index contributed by atoms with van der Waals surface area (Å²) >= 11 is 0. The van der Waals surface area contributed by atoms with Crippen molar-refractivity contribution in [2.75, 3.05) is 0 Å². The molecule has 0 bridgehead atoms. The Bertz CT molecular complexity index is 352. The van der Waals surface area contributed by atoms with Crippen LogP contribution in [0.4, 0.5) is 0 Å². The third kappa shape index (κ3) is 10.4. The van der Waals surface area contributed by atoms with Crippen molar-refractivity contribution in [3.8, 4) is 23.7 Å². The molecule has 0 aliphatic carbocycles. The average Bonchev–Trinajstić information content (AvgIpc) is 2.31. The van der Waals surface area contributed by atoms with Crippen LogP contribution in [-0.4, -0.2) is 11.2 Å². The molecule has 0 spiro atoms. The van der Waals surface area contributed by atoms with Crippen LogP contribution in [0.2, 0.25) is 0 Å². The number of aliphatic hydroxyl groups excluding tert-OH is 1. The van der Waals surface area contributed by atoms with E-state index in [-0.39, 0.29) is 0 Å². The Morgan fingerprint density at radius 3 is 2.75 bits per heavy atom. The van der Waals surface area contributed by atoms with E-state index >= 15 is 0 Å². The fourth-order valence-electron chi connectivity index (χ4n) is 0.792. The predicted molar refractivity (Wildman–Crippen MR) is 69.6 cm³/mol. The van der Waals surface area contributed by atoms with E-state index < -0.39 is 6.10 Å². The summed E-state index contributed by atoms with van der Waals surface area (Å²) in [6.45, 7) is 5.52. The van der Waals surface area contributed by atoms with E-state index in [1.807, 2.05) is 25.2 Å². The second-order valence-electron chi connectivity index (χ2n) is 3.12. The summed E-state index contributed by atoms with van der Waals surface area (Å²) in [6.07, 6.45) is 11.6. The van der Waals surface area contributed by atoms with Crippen molar-refractivity contribution in [2.45, 2.75) is 32.3 Å². The van der Waals surface area contributed by atoms with Crippen LogP contribution in [0.5, 0.6) is 0 Å². The monoisotopic (exact) mass is 214 g/mol. The van der Waals surface area contributed by atoms with Crippen molar-refractivity contribution in [1.29, 1.82) is 0 Å². The molecule has 0 heterocycles. The first-order chi connectivity index (χ1) is 7.81. The van der Waals surface area contributed by atoms with Crippen LogP contribution in [-0.2, 0) is 0 Å². The highest BCUT2D eigenvalue weighted by atomic mass is 16.3. The van der Waals surface area contributed by atoms with E-state index in [9.17, 15) is 0 Å². The lowest BCUT2D eigenvalue weighted by atomic mass is 10.3. The van der Waals surface area contributed by atoms with Crippen molar-refractivity contribution < 1.29 is 5.11 Å². The molecular weight excluding hydrogens is 196 g/mol. The maximum absolute atomic E-state index is 9.10. The summed E-state index contributed by atoms with van der Waals surface area (Å²) in [6, 6.07) is 0. The van der Waals surface area contributed by atoms with Gasteiger partial charge in [0.05, 0.1) is 0 Å². The fraction of sp³-hybridized carbons (Fsp3) is 0.333. The highest BCUT2D eigenvalue weighted by Crippen LogP contribution is 1.90. The minimum absolute atomic E-state index is 0.558. The van der Waals surface area contributed by atoms with Crippen LogP contribution in [0.3, 0.4) is 0 Å². The molecule has 1 nitrogen and oxygen atoms in total. The molecular formula is C15H18O. The van der Waals surface area contributed by atoms with E-state index in [1.165, 1.54) is 0 Å². The van der Waals surface area contributed by atoms with Crippen LogP contribution in [0.1, 0.15) is 26.2 Å². The molecule has 1 heteroatoms.